The second-order valence-electron chi connectivity index (χ2n) is 6.06. The summed E-state index contributed by atoms with van der Waals surface area (Å²) in [6.07, 6.45) is 0.746. The van der Waals surface area contributed by atoms with E-state index < -0.39 is 0 Å². The SMILES string of the molecule is CCc1nc(SCc2nc(C(C)C)no2)nc(N)c1-c1ccc(Cl)cc1. The quantitative estimate of drug-likeness (QED) is 0.480. The third-order valence-corrected chi connectivity index (χ3v) is 4.87. The zero-order chi connectivity index (χ0) is 18.7. The summed E-state index contributed by atoms with van der Waals surface area (Å²) in [4.78, 5) is 13.5. The molecule has 0 unspecified atom stereocenters. The number of hydrogen-bond donors (Lipinski definition) is 1. The molecule has 0 fully saturated rings. The van der Waals surface area contributed by atoms with E-state index in [0.717, 1.165) is 23.2 Å². The second-order valence-corrected chi connectivity index (χ2v) is 7.44. The third kappa shape index (κ3) is 4.16. The van der Waals surface area contributed by atoms with Crippen LogP contribution in [-0.4, -0.2) is 20.1 Å². The molecule has 3 rings (SSSR count). The molecule has 0 saturated heterocycles. The minimum absolute atomic E-state index is 0.231. The first-order valence-corrected chi connectivity index (χ1v) is 9.71. The van der Waals surface area contributed by atoms with E-state index in [-0.39, 0.29) is 5.92 Å². The first-order valence-electron chi connectivity index (χ1n) is 8.35. The van der Waals surface area contributed by atoms with Crippen LogP contribution in [-0.2, 0) is 12.2 Å². The summed E-state index contributed by atoms with van der Waals surface area (Å²) in [7, 11) is 0. The van der Waals surface area contributed by atoms with Crippen LogP contribution >= 0.6 is 23.4 Å². The first-order chi connectivity index (χ1) is 12.5. The Bertz CT molecular complexity index is 895. The van der Waals surface area contributed by atoms with Crippen molar-refractivity contribution in [1.29, 1.82) is 0 Å². The van der Waals surface area contributed by atoms with Crippen LogP contribution in [0.2, 0.25) is 5.02 Å². The lowest BCUT2D eigenvalue weighted by Crippen LogP contribution is -2.04. The predicted octanol–water partition coefficient (Wildman–Crippen LogP) is 4.74. The van der Waals surface area contributed by atoms with Crippen LogP contribution in [0.25, 0.3) is 11.1 Å². The zero-order valence-electron chi connectivity index (χ0n) is 14.9. The van der Waals surface area contributed by atoms with Crippen molar-refractivity contribution in [1.82, 2.24) is 20.1 Å². The van der Waals surface area contributed by atoms with Gasteiger partial charge in [-0.05, 0) is 24.1 Å². The Morgan fingerprint density at radius 3 is 2.50 bits per heavy atom. The second kappa shape index (κ2) is 8.05. The van der Waals surface area contributed by atoms with Crippen LogP contribution < -0.4 is 5.73 Å². The zero-order valence-corrected chi connectivity index (χ0v) is 16.4. The van der Waals surface area contributed by atoms with Gasteiger partial charge in [0.05, 0.1) is 11.4 Å². The number of benzene rings is 1. The summed E-state index contributed by atoms with van der Waals surface area (Å²) in [6.45, 7) is 6.09. The fourth-order valence-corrected chi connectivity index (χ4v) is 3.28. The molecule has 0 aliphatic heterocycles. The maximum Gasteiger partial charge on any atom is 0.237 e. The molecule has 6 nitrogen and oxygen atoms in total. The highest BCUT2D eigenvalue weighted by Crippen LogP contribution is 2.31. The molecule has 3 aromatic rings. The highest BCUT2D eigenvalue weighted by Gasteiger charge is 2.15. The molecular formula is C18H20ClN5OS. The van der Waals surface area contributed by atoms with E-state index in [1.165, 1.54) is 11.8 Å². The van der Waals surface area contributed by atoms with Gasteiger partial charge >= 0.3 is 0 Å². The molecule has 2 aromatic heterocycles. The van der Waals surface area contributed by atoms with Gasteiger partial charge in [0.25, 0.3) is 0 Å². The Morgan fingerprint density at radius 2 is 1.88 bits per heavy atom. The summed E-state index contributed by atoms with van der Waals surface area (Å²) < 4.78 is 5.26. The molecule has 136 valence electrons. The summed E-state index contributed by atoms with van der Waals surface area (Å²) in [5.41, 5.74) is 8.94. The monoisotopic (exact) mass is 389 g/mol. The van der Waals surface area contributed by atoms with Gasteiger partial charge in [0, 0.05) is 16.5 Å². The van der Waals surface area contributed by atoms with E-state index >= 15 is 0 Å². The standard InChI is InChI=1S/C18H20ClN5OS/c1-4-13-15(11-5-7-12(19)8-6-11)16(20)23-18(21-13)26-9-14-22-17(10(2)3)24-25-14/h5-8,10H,4,9H2,1-3H3,(H2,20,21,23). The summed E-state index contributed by atoms with van der Waals surface area (Å²) >= 11 is 7.40. The molecule has 0 amide bonds. The Kier molecular flexibility index (Phi) is 5.78. The van der Waals surface area contributed by atoms with Crippen LogP contribution in [0, 0.1) is 0 Å². The van der Waals surface area contributed by atoms with Gasteiger partial charge in [0.1, 0.15) is 5.82 Å². The molecule has 26 heavy (non-hydrogen) atoms. The molecular weight excluding hydrogens is 370 g/mol. The number of halogens is 1. The van der Waals surface area contributed by atoms with E-state index in [1.807, 2.05) is 45.0 Å². The van der Waals surface area contributed by atoms with Crippen molar-refractivity contribution in [3.63, 3.8) is 0 Å². The van der Waals surface area contributed by atoms with Crippen LogP contribution in [0.5, 0.6) is 0 Å². The van der Waals surface area contributed by atoms with E-state index in [2.05, 4.69) is 20.1 Å². The average molecular weight is 390 g/mol. The lowest BCUT2D eigenvalue weighted by molar-refractivity contribution is 0.383. The Labute approximate surface area is 161 Å². The molecule has 2 N–H and O–H groups in total. The molecule has 0 spiro atoms. The topological polar surface area (TPSA) is 90.7 Å². The van der Waals surface area contributed by atoms with Gasteiger partial charge in [-0.2, -0.15) is 4.98 Å². The number of nitrogen functional groups attached to an aromatic ring is 1. The molecule has 0 aliphatic carbocycles. The fraction of sp³-hybridized carbons (Fsp3) is 0.333. The molecule has 0 aliphatic rings. The summed E-state index contributed by atoms with van der Waals surface area (Å²) in [6, 6.07) is 7.52. The van der Waals surface area contributed by atoms with E-state index in [1.54, 1.807) is 0 Å². The van der Waals surface area contributed by atoms with Crippen LogP contribution in [0.4, 0.5) is 5.82 Å². The molecule has 8 heteroatoms. The Balaban J connectivity index is 1.83. The first kappa shape index (κ1) is 18.7. The molecule has 2 heterocycles. The van der Waals surface area contributed by atoms with Gasteiger partial charge in [-0.1, -0.05) is 61.4 Å². The van der Waals surface area contributed by atoms with Crippen molar-refractivity contribution >= 4 is 29.2 Å². The van der Waals surface area contributed by atoms with Gasteiger partial charge in [0.15, 0.2) is 11.0 Å². The van der Waals surface area contributed by atoms with Crippen LogP contribution in [0.3, 0.4) is 0 Å². The van der Waals surface area contributed by atoms with Crippen molar-refractivity contribution in [3.8, 4) is 11.1 Å². The van der Waals surface area contributed by atoms with Gasteiger partial charge in [-0.15, -0.1) is 0 Å². The van der Waals surface area contributed by atoms with Gasteiger partial charge in [-0.3, -0.25) is 0 Å². The minimum Gasteiger partial charge on any atom is -0.383 e. The number of nitrogens with zero attached hydrogens (tertiary/aromatic N) is 4. The maximum atomic E-state index is 6.23. The van der Waals surface area contributed by atoms with Gasteiger partial charge in [-0.25, -0.2) is 9.97 Å². The minimum atomic E-state index is 0.231. The molecule has 0 radical (unpaired) electrons. The molecule has 0 atom stereocenters. The van der Waals surface area contributed by atoms with Crippen molar-refractivity contribution in [2.75, 3.05) is 5.73 Å². The number of nitrogens with two attached hydrogens (primary N) is 1. The van der Waals surface area contributed by atoms with E-state index in [4.69, 9.17) is 21.9 Å². The normalized spacial score (nSPS) is 11.3. The van der Waals surface area contributed by atoms with Crippen molar-refractivity contribution in [2.24, 2.45) is 0 Å². The Morgan fingerprint density at radius 1 is 1.15 bits per heavy atom. The summed E-state index contributed by atoms with van der Waals surface area (Å²) in [5, 5.41) is 5.24. The number of hydrogen-bond acceptors (Lipinski definition) is 7. The van der Waals surface area contributed by atoms with Crippen LogP contribution in [0.15, 0.2) is 33.9 Å². The third-order valence-electron chi connectivity index (χ3n) is 3.78. The van der Waals surface area contributed by atoms with E-state index in [9.17, 15) is 0 Å². The lowest BCUT2D eigenvalue weighted by atomic mass is 10.0. The molecule has 0 saturated carbocycles. The highest BCUT2D eigenvalue weighted by molar-refractivity contribution is 7.98. The van der Waals surface area contributed by atoms with Crippen molar-refractivity contribution < 1.29 is 4.52 Å². The van der Waals surface area contributed by atoms with Crippen molar-refractivity contribution in [3.05, 3.63) is 46.7 Å². The average Bonchev–Trinajstić information content (AvgIpc) is 3.10. The smallest absolute Gasteiger partial charge is 0.237 e. The van der Waals surface area contributed by atoms with Crippen molar-refractivity contribution in [2.45, 2.75) is 44.0 Å². The van der Waals surface area contributed by atoms with Gasteiger partial charge < -0.3 is 10.3 Å². The maximum absolute atomic E-state index is 6.23. The summed E-state index contributed by atoms with van der Waals surface area (Å²) in [5.74, 6) is 2.45. The number of aromatic nitrogens is 4. The van der Waals surface area contributed by atoms with Crippen LogP contribution in [0.1, 0.15) is 44.1 Å². The largest absolute Gasteiger partial charge is 0.383 e. The molecule has 1 aromatic carbocycles. The number of rotatable bonds is 6. The Hall–Kier alpha value is -2.12. The number of anilines is 1. The van der Waals surface area contributed by atoms with Gasteiger partial charge in [0.2, 0.25) is 5.89 Å². The fourth-order valence-electron chi connectivity index (χ4n) is 2.44. The number of aryl methyl sites for hydroxylation is 1. The lowest BCUT2D eigenvalue weighted by Gasteiger charge is -2.12. The van der Waals surface area contributed by atoms with E-state index in [0.29, 0.717) is 33.5 Å². The molecule has 0 bridgehead atoms. The number of thioether (sulfide) groups is 1. The highest BCUT2D eigenvalue weighted by atomic mass is 35.5. The predicted molar refractivity (Wildman–Crippen MR) is 104 cm³/mol.